The van der Waals surface area contributed by atoms with Gasteiger partial charge in [0.05, 0.1) is 19.3 Å². The van der Waals surface area contributed by atoms with Crippen molar-refractivity contribution in [2.24, 2.45) is 0 Å². The van der Waals surface area contributed by atoms with Crippen LogP contribution in [0.5, 0.6) is 17.2 Å². The molecule has 0 bridgehead atoms. The zero-order valence-electron chi connectivity index (χ0n) is 19.3. The first-order valence-electron chi connectivity index (χ1n) is 10.7. The van der Waals surface area contributed by atoms with Gasteiger partial charge < -0.3 is 24.6 Å². The molecule has 3 rings (SSSR count). The third-order valence-corrected chi connectivity index (χ3v) is 4.89. The van der Waals surface area contributed by atoms with Crippen molar-refractivity contribution >= 4 is 23.6 Å². The van der Waals surface area contributed by atoms with Gasteiger partial charge in [-0.05, 0) is 72.7 Å². The molecule has 0 radical (unpaired) electrons. The Bertz CT molecular complexity index is 1260. The summed E-state index contributed by atoms with van der Waals surface area (Å²) in [4.78, 5) is 23.6. The number of hydrogen-bond donors (Lipinski definition) is 2. The Morgan fingerprint density at radius 1 is 1.00 bits per heavy atom. The van der Waals surface area contributed by atoms with Crippen LogP contribution in [0.1, 0.15) is 28.4 Å². The predicted molar refractivity (Wildman–Crippen MR) is 131 cm³/mol. The molecule has 35 heavy (non-hydrogen) atoms. The Kier molecular flexibility index (Phi) is 8.46. The van der Waals surface area contributed by atoms with E-state index in [0.717, 1.165) is 5.56 Å². The lowest BCUT2D eigenvalue weighted by Gasteiger charge is -2.13. The number of carboxylic acid groups (broad SMARTS) is 1. The molecule has 2 N–H and O–H groups in total. The number of carboxylic acids is 1. The van der Waals surface area contributed by atoms with Gasteiger partial charge in [-0.2, -0.15) is 5.26 Å². The molecule has 8 heteroatoms. The fourth-order valence-electron chi connectivity index (χ4n) is 3.09. The average molecular weight is 472 g/mol. The molecule has 178 valence electrons. The molecule has 0 aliphatic rings. The van der Waals surface area contributed by atoms with Gasteiger partial charge in [0.1, 0.15) is 24.0 Å². The van der Waals surface area contributed by atoms with Crippen LogP contribution in [0.25, 0.3) is 6.08 Å². The maximum atomic E-state index is 12.6. The molecule has 0 heterocycles. The number of benzene rings is 3. The third-order valence-electron chi connectivity index (χ3n) is 4.89. The van der Waals surface area contributed by atoms with Crippen LogP contribution in [0.15, 0.2) is 72.3 Å². The van der Waals surface area contributed by atoms with E-state index in [2.05, 4.69) is 5.32 Å². The van der Waals surface area contributed by atoms with Crippen LogP contribution < -0.4 is 19.5 Å². The van der Waals surface area contributed by atoms with E-state index < -0.39 is 11.9 Å². The minimum atomic E-state index is -0.992. The summed E-state index contributed by atoms with van der Waals surface area (Å²) >= 11 is 0. The summed E-state index contributed by atoms with van der Waals surface area (Å²) in [6, 6.07) is 20.2. The normalized spacial score (nSPS) is 10.7. The van der Waals surface area contributed by atoms with E-state index in [-0.39, 0.29) is 17.7 Å². The smallest absolute Gasteiger partial charge is 0.335 e. The summed E-state index contributed by atoms with van der Waals surface area (Å²) in [6.45, 7) is 2.43. The summed E-state index contributed by atoms with van der Waals surface area (Å²) in [6.07, 6.45) is 1.47. The number of carbonyl (C=O) groups is 2. The molecule has 3 aromatic rings. The number of carbonyl (C=O) groups excluding carboxylic acids is 1. The molecule has 1 amide bonds. The summed E-state index contributed by atoms with van der Waals surface area (Å²) in [5, 5.41) is 21.2. The van der Waals surface area contributed by atoms with Gasteiger partial charge in [0.25, 0.3) is 5.91 Å². The highest BCUT2D eigenvalue weighted by molar-refractivity contribution is 6.09. The summed E-state index contributed by atoms with van der Waals surface area (Å²) in [7, 11) is 1.55. The van der Waals surface area contributed by atoms with E-state index in [1.165, 1.54) is 18.2 Å². The lowest BCUT2D eigenvalue weighted by Crippen LogP contribution is -2.13. The van der Waals surface area contributed by atoms with Gasteiger partial charge in [-0.1, -0.05) is 18.2 Å². The van der Waals surface area contributed by atoms with Crippen molar-refractivity contribution in [2.45, 2.75) is 13.5 Å². The minimum Gasteiger partial charge on any atom is -0.497 e. The van der Waals surface area contributed by atoms with Crippen molar-refractivity contribution in [1.29, 1.82) is 5.26 Å². The highest BCUT2D eigenvalue weighted by atomic mass is 16.5. The number of nitrogens with one attached hydrogen (secondary N) is 1. The number of ether oxygens (including phenoxy) is 3. The molecule has 0 saturated heterocycles. The Balaban J connectivity index is 1.74. The maximum Gasteiger partial charge on any atom is 0.335 e. The second-order valence-corrected chi connectivity index (χ2v) is 7.28. The van der Waals surface area contributed by atoms with Gasteiger partial charge in [-0.3, -0.25) is 4.79 Å². The van der Waals surface area contributed by atoms with E-state index >= 15 is 0 Å². The van der Waals surface area contributed by atoms with Gasteiger partial charge in [-0.25, -0.2) is 4.79 Å². The lowest BCUT2D eigenvalue weighted by molar-refractivity contribution is -0.112. The quantitative estimate of drug-likeness (QED) is 0.318. The van der Waals surface area contributed by atoms with Crippen molar-refractivity contribution in [3.63, 3.8) is 0 Å². The number of aromatic carboxylic acids is 1. The van der Waals surface area contributed by atoms with E-state index in [4.69, 9.17) is 19.3 Å². The Hall–Kier alpha value is -4.77. The molecule has 0 saturated carbocycles. The first kappa shape index (κ1) is 24.9. The number of methoxy groups -OCH3 is 1. The largest absolute Gasteiger partial charge is 0.497 e. The molecular weight excluding hydrogens is 448 g/mol. The molecular formula is C27H24N2O6. The van der Waals surface area contributed by atoms with Crippen LogP contribution in [0, 0.1) is 11.3 Å². The highest BCUT2D eigenvalue weighted by Gasteiger charge is 2.12. The summed E-state index contributed by atoms with van der Waals surface area (Å²) in [5.41, 5.74) is 2.04. The summed E-state index contributed by atoms with van der Waals surface area (Å²) in [5.74, 6) is 0.0563. The van der Waals surface area contributed by atoms with Crippen molar-refractivity contribution in [3.05, 3.63) is 89.0 Å². The topological polar surface area (TPSA) is 118 Å². The number of nitriles is 1. The zero-order valence-corrected chi connectivity index (χ0v) is 19.3. The highest BCUT2D eigenvalue weighted by Crippen LogP contribution is 2.30. The van der Waals surface area contributed by atoms with E-state index in [0.29, 0.717) is 35.1 Å². The fraction of sp³-hybridized carbons (Fsp3) is 0.148. The Morgan fingerprint density at radius 2 is 1.71 bits per heavy atom. The van der Waals surface area contributed by atoms with Crippen LogP contribution in [-0.2, 0) is 11.4 Å². The van der Waals surface area contributed by atoms with E-state index in [1.54, 1.807) is 61.7 Å². The zero-order chi connectivity index (χ0) is 25.2. The number of hydrogen-bond acceptors (Lipinski definition) is 6. The van der Waals surface area contributed by atoms with Crippen LogP contribution in [-0.4, -0.2) is 30.7 Å². The van der Waals surface area contributed by atoms with Crippen LogP contribution in [0.3, 0.4) is 0 Å². The second kappa shape index (κ2) is 11.9. The Labute approximate surface area is 203 Å². The van der Waals surface area contributed by atoms with Gasteiger partial charge in [0, 0.05) is 5.69 Å². The molecule has 0 aliphatic heterocycles. The van der Waals surface area contributed by atoms with E-state index in [9.17, 15) is 14.9 Å². The van der Waals surface area contributed by atoms with Crippen molar-refractivity contribution < 1.29 is 28.9 Å². The van der Waals surface area contributed by atoms with Crippen molar-refractivity contribution in [3.8, 4) is 23.3 Å². The van der Waals surface area contributed by atoms with Crippen molar-refractivity contribution in [2.75, 3.05) is 19.0 Å². The molecule has 0 aromatic heterocycles. The van der Waals surface area contributed by atoms with E-state index in [1.807, 2.05) is 13.0 Å². The van der Waals surface area contributed by atoms with Crippen molar-refractivity contribution in [1.82, 2.24) is 0 Å². The van der Waals surface area contributed by atoms with Gasteiger partial charge in [0.15, 0.2) is 11.5 Å². The van der Waals surface area contributed by atoms with Gasteiger partial charge in [-0.15, -0.1) is 0 Å². The van der Waals surface area contributed by atoms with Gasteiger partial charge in [0.2, 0.25) is 0 Å². The number of nitrogens with zero attached hydrogens (tertiary/aromatic N) is 1. The number of amides is 1. The van der Waals surface area contributed by atoms with Crippen LogP contribution in [0.2, 0.25) is 0 Å². The van der Waals surface area contributed by atoms with Crippen LogP contribution in [0.4, 0.5) is 5.69 Å². The molecule has 3 aromatic carbocycles. The molecule has 0 atom stereocenters. The standard InChI is InChI=1S/C27H24N2O6/c1-3-34-25-15-19(6-13-24(25)35-17-18-4-7-20(8-5-18)27(31)32)14-21(16-28)26(30)29-22-9-11-23(33-2)12-10-22/h4-15H,3,17H2,1-2H3,(H,29,30)(H,31,32). The van der Waals surface area contributed by atoms with Crippen LogP contribution >= 0.6 is 0 Å². The fourth-order valence-corrected chi connectivity index (χ4v) is 3.09. The first-order chi connectivity index (χ1) is 16.9. The molecule has 0 spiro atoms. The molecule has 0 unspecified atom stereocenters. The maximum absolute atomic E-state index is 12.6. The molecule has 0 aliphatic carbocycles. The Morgan fingerprint density at radius 3 is 2.31 bits per heavy atom. The third kappa shape index (κ3) is 6.85. The average Bonchev–Trinajstić information content (AvgIpc) is 2.87. The van der Waals surface area contributed by atoms with Gasteiger partial charge >= 0.3 is 5.97 Å². The monoisotopic (exact) mass is 472 g/mol. The predicted octanol–water partition coefficient (Wildman–Crippen LogP) is 4.92. The molecule has 8 nitrogen and oxygen atoms in total. The minimum absolute atomic E-state index is 0.0737. The SMILES string of the molecule is CCOc1cc(C=C(C#N)C(=O)Nc2ccc(OC)cc2)ccc1OCc1ccc(C(=O)O)cc1. The molecule has 0 fully saturated rings. The first-order valence-corrected chi connectivity index (χ1v) is 10.7. The number of rotatable bonds is 10. The lowest BCUT2D eigenvalue weighted by atomic mass is 10.1. The number of anilines is 1. The summed E-state index contributed by atoms with van der Waals surface area (Å²) < 4.78 is 16.6. The second-order valence-electron chi connectivity index (χ2n) is 7.28.